The number of carboxylic acid groups (broad SMARTS) is 1. The Labute approximate surface area is 108 Å². The maximum absolute atomic E-state index is 10.8. The molecule has 2 heterocycles. The molecule has 0 amide bonds. The van der Waals surface area contributed by atoms with Crippen LogP contribution in [0.15, 0.2) is 22.4 Å². The summed E-state index contributed by atoms with van der Waals surface area (Å²) < 4.78 is 1.74. The van der Waals surface area contributed by atoms with Crippen molar-refractivity contribution in [2.75, 3.05) is 0 Å². The summed E-state index contributed by atoms with van der Waals surface area (Å²) in [7, 11) is 1.84. The molecular formula is C11H12N4O2S. The second kappa shape index (κ2) is 4.77. The molecule has 1 N–H and O–H groups in total. The van der Waals surface area contributed by atoms with Crippen LogP contribution < -0.4 is 0 Å². The molecule has 2 aromatic rings. The number of carbonyl (C=O) groups is 1. The van der Waals surface area contributed by atoms with Gasteiger partial charge in [0.05, 0.1) is 17.0 Å². The average Bonchev–Trinajstić information content (AvgIpc) is 2.57. The van der Waals surface area contributed by atoms with E-state index < -0.39 is 5.97 Å². The molecule has 0 radical (unpaired) electrons. The van der Waals surface area contributed by atoms with Gasteiger partial charge >= 0.3 is 5.97 Å². The van der Waals surface area contributed by atoms with Crippen molar-refractivity contribution in [1.82, 2.24) is 19.7 Å². The predicted molar refractivity (Wildman–Crippen MR) is 65.8 cm³/mol. The van der Waals surface area contributed by atoms with Crippen molar-refractivity contribution < 1.29 is 9.90 Å². The predicted octanol–water partition coefficient (Wildman–Crippen LogP) is 1.68. The van der Waals surface area contributed by atoms with E-state index in [4.69, 9.17) is 5.11 Å². The van der Waals surface area contributed by atoms with Crippen molar-refractivity contribution in [2.45, 2.75) is 24.0 Å². The molecule has 0 fully saturated rings. The first-order chi connectivity index (χ1) is 8.47. The van der Waals surface area contributed by atoms with Crippen LogP contribution in [0, 0.1) is 13.8 Å². The van der Waals surface area contributed by atoms with Crippen LogP contribution in [0.1, 0.15) is 21.7 Å². The molecule has 0 atom stereocenters. The number of hydrogen-bond acceptors (Lipinski definition) is 5. The number of aryl methyl sites for hydroxylation is 3. The lowest BCUT2D eigenvalue weighted by atomic mass is 10.2. The zero-order valence-electron chi connectivity index (χ0n) is 10.2. The molecular weight excluding hydrogens is 252 g/mol. The number of aromatic nitrogens is 4. The standard InChI is InChI=1S/C11H12N4O2S/c1-6-4-9(15(3)14-6)18-11-12-5-8(10(16)17)7(2)13-11/h4-5H,1-3H3,(H,16,17). The zero-order valence-corrected chi connectivity index (χ0v) is 11.0. The van der Waals surface area contributed by atoms with Crippen molar-refractivity contribution in [2.24, 2.45) is 7.05 Å². The summed E-state index contributed by atoms with van der Waals surface area (Å²) in [5.41, 5.74) is 1.50. The third-order valence-corrected chi connectivity index (χ3v) is 3.31. The molecule has 0 bridgehead atoms. The van der Waals surface area contributed by atoms with Crippen LogP contribution in [0.5, 0.6) is 0 Å². The van der Waals surface area contributed by atoms with Gasteiger partial charge in [0.1, 0.15) is 5.03 Å². The van der Waals surface area contributed by atoms with Gasteiger partial charge in [-0.15, -0.1) is 0 Å². The third-order valence-electron chi connectivity index (χ3n) is 2.34. The topological polar surface area (TPSA) is 80.9 Å². The second-order valence-corrected chi connectivity index (χ2v) is 4.79. The molecule has 94 valence electrons. The first-order valence-electron chi connectivity index (χ1n) is 5.23. The summed E-state index contributed by atoms with van der Waals surface area (Å²) in [6.45, 7) is 3.56. The molecule has 2 rings (SSSR count). The van der Waals surface area contributed by atoms with E-state index in [1.54, 1.807) is 11.6 Å². The number of carboxylic acids is 1. The Morgan fingerprint density at radius 3 is 2.67 bits per heavy atom. The van der Waals surface area contributed by atoms with Crippen molar-refractivity contribution in [3.63, 3.8) is 0 Å². The van der Waals surface area contributed by atoms with E-state index in [2.05, 4.69) is 15.1 Å². The number of nitrogens with zero attached hydrogens (tertiary/aromatic N) is 4. The molecule has 6 nitrogen and oxygen atoms in total. The Morgan fingerprint density at radius 2 is 2.17 bits per heavy atom. The molecule has 0 unspecified atom stereocenters. The van der Waals surface area contributed by atoms with E-state index in [1.165, 1.54) is 18.0 Å². The summed E-state index contributed by atoms with van der Waals surface area (Å²) >= 11 is 1.35. The summed E-state index contributed by atoms with van der Waals surface area (Å²) in [6, 6.07) is 1.93. The van der Waals surface area contributed by atoms with Crippen LogP contribution in [0.25, 0.3) is 0 Å². The minimum absolute atomic E-state index is 0.125. The van der Waals surface area contributed by atoms with Crippen LogP contribution in [-0.2, 0) is 7.05 Å². The van der Waals surface area contributed by atoms with Gasteiger partial charge < -0.3 is 5.11 Å². The van der Waals surface area contributed by atoms with Crippen molar-refractivity contribution in [3.05, 3.63) is 29.2 Å². The van der Waals surface area contributed by atoms with Gasteiger partial charge in [-0.1, -0.05) is 0 Å². The Kier molecular flexibility index (Phi) is 3.33. The number of rotatable bonds is 3. The maximum Gasteiger partial charge on any atom is 0.339 e. The van der Waals surface area contributed by atoms with Gasteiger partial charge in [0.2, 0.25) is 0 Å². The third kappa shape index (κ3) is 2.51. The minimum Gasteiger partial charge on any atom is -0.478 e. The maximum atomic E-state index is 10.8. The fourth-order valence-corrected chi connectivity index (χ4v) is 2.36. The molecule has 7 heteroatoms. The van der Waals surface area contributed by atoms with Crippen molar-refractivity contribution >= 4 is 17.7 Å². The fraction of sp³-hybridized carbons (Fsp3) is 0.273. The molecule has 0 aliphatic carbocycles. The average molecular weight is 264 g/mol. The molecule has 0 saturated carbocycles. The quantitative estimate of drug-likeness (QED) is 0.849. The summed E-state index contributed by atoms with van der Waals surface area (Å²) in [4.78, 5) is 19.1. The van der Waals surface area contributed by atoms with Gasteiger partial charge in [-0.05, 0) is 31.7 Å². The normalized spacial score (nSPS) is 10.6. The van der Waals surface area contributed by atoms with Crippen LogP contribution >= 0.6 is 11.8 Å². The Bertz CT molecular complexity index is 609. The Hall–Kier alpha value is -1.89. The lowest BCUT2D eigenvalue weighted by molar-refractivity contribution is 0.0695. The highest BCUT2D eigenvalue weighted by atomic mass is 32.2. The van der Waals surface area contributed by atoms with Gasteiger partial charge in [0.15, 0.2) is 5.16 Å². The minimum atomic E-state index is -1.01. The monoisotopic (exact) mass is 264 g/mol. The van der Waals surface area contributed by atoms with Gasteiger partial charge in [-0.2, -0.15) is 5.10 Å². The first-order valence-corrected chi connectivity index (χ1v) is 6.04. The van der Waals surface area contributed by atoms with Crippen LogP contribution in [0.2, 0.25) is 0 Å². The molecule has 18 heavy (non-hydrogen) atoms. The Balaban J connectivity index is 2.28. The van der Waals surface area contributed by atoms with Crippen molar-refractivity contribution in [1.29, 1.82) is 0 Å². The van der Waals surface area contributed by atoms with Crippen molar-refractivity contribution in [3.8, 4) is 0 Å². The van der Waals surface area contributed by atoms with E-state index in [-0.39, 0.29) is 5.56 Å². The molecule has 0 aliphatic heterocycles. The smallest absolute Gasteiger partial charge is 0.339 e. The number of hydrogen-bond donors (Lipinski definition) is 1. The summed E-state index contributed by atoms with van der Waals surface area (Å²) in [5.74, 6) is -1.01. The Morgan fingerprint density at radius 1 is 1.44 bits per heavy atom. The van der Waals surface area contributed by atoms with Crippen LogP contribution in [0.4, 0.5) is 0 Å². The van der Waals surface area contributed by atoms with Gasteiger partial charge in [-0.25, -0.2) is 14.8 Å². The first kappa shape index (κ1) is 12.6. The highest BCUT2D eigenvalue weighted by Gasteiger charge is 2.12. The van der Waals surface area contributed by atoms with Gasteiger partial charge in [0.25, 0.3) is 0 Å². The van der Waals surface area contributed by atoms with Gasteiger partial charge in [-0.3, -0.25) is 4.68 Å². The van der Waals surface area contributed by atoms with E-state index in [1.807, 2.05) is 20.0 Å². The summed E-state index contributed by atoms with van der Waals surface area (Å²) in [5, 5.41) is 14.5. The lowest BCUT2D eigenvalue weighted by Crippen LogP contribution is -2.04. The van der Waals surface area contributed by atoms with E-state index in [0.29, 0.717) is 10.9 Å². The van der Waals surface area contributed by atoms with E-state index >= 15 is 0 Å². The SMILES string of the molecule is Cc1cc(Sc2ncc(C(=O)O)c(C)n2)n(C)n1. The lowest BCUT2D eigenvalue weighted by Gasteiger charge is -2.03. The molecule has 0 spiro atoms. The zero-order chi connectivity index (χ0) is 13.3. The molecule has 0 saturated heterocycles. The van der Waals surface area contributed by atoms with Crippen LogP contribution in [0.3, 0.4) is 0 Å². The molecule has 0 aliphatic rings. The second-order valence-electron chi connectivity index (χ2n) is 3.81. The largest absolute Gasteiger partial charge is 0.478 e. The summed E-state index contributed by atoms with van der Waals surface area (Å²) in [6.07, 6.45) is 1.33. The van der Waals surface area contributed by atoms with E-state index in [9.17, 15) is 4.79 Å². The van der Waals surface area contributed by atoms with E-state index in [0.717, 1.165) is 10.7 Å². The number of aromatic carboxylic acids is 1. The molecule has 0 aromatic carbocycles. The highest BCUT2D eigenvalue weighted by molar-refractivity contribution is 7.99. The van der Waals surface area contributed by atoms with Gasteiger partial charge in [0, 0.05) is 13.2 Å². The highest BCUT2D eigenvalue weighted by Crippen LogP contribution is 2.25. The molecule has 2 aromatic heterocycles. The van der Waals surface area contributed by atoms with Crippen LogP contribution in [-0.4, -0.2) is 30.8 Å². The fourth-order valence-electron chi connectivity index (χ4n) is 1.48.